The molecule has 1 aromatic heterocycles. The second kappa shape index (κ2) is 9.41. The first-order valence-corrected chi connectivity index (χ1v) is 9.51. The number of nitrogens with zero attached hydrogens (tertiary/aromatic N) is 1. The number of aromatic nitrogens is 1. The number of thioether (sulfide) groups is 1. The molecule has 2 rings (SSSR count). The molecule has 2 amide bonds. The smallest absolute Gasteiger partial charge is 0.233 e. The molecule has 0 radical (unpaired) electrons. The van der Waals surface area contributed by atoms with Crippen LogP contribution in [0.25, 0.3) is 0 Å². The Kier molecular flexibility index (Phi) is 7.24. The Morgan fingerprint density at radius 3 is 2.48 bits per heavy atom. The number of benzene rings is 1. The monoisotopic (exact) mass is 387 g/mol. The summed E-state index contributed by atoms with van der Waals surface area (Å²) in [5.41, 5.74) is 3.44. The molecular weight excluding hydrogens is 362 g/mol. The maximum Gasteiger partial charge on any atom is 0.233 e. The van der Waals surface area contributed by atoms with Crippen LogP contribution in [0.2, 0.25) is 0 Å². The summed E-state index contributed by atoms with van der Waals surface area (Å²) in [6.45, 7) is 7.56. The van der Waals surface area contributed by atoms with E-state index in [4.69, 9.17) is 4.74 Å². The molecule has 2 aromatic rings. The lowest BCUT2D eigenvalue weighted by Crippen LogP contribution is -2.31. The molecule has 2 N–H and O–H groups in total. The molecular formula is C20H25N3O3S. The van der Waals surface area contributed by atoms with Gasteiger partial charge in [-0.2, -0.15) is 0 Å². The molecule has 27 heavy (non-hydrogen) atoms. The van der Waals surface area contributed by atoms with E-state index in [1.165, 1.54) is 18.7 Å². The highest BCUT2D eigenvalue weighted by molar-refractivity contribution is 8.00. The van der Waals surface area contributed by atoms with Gasteiger partial charge in [0.05, 0.1) is 24.6 Å². The quantitative estimate of drug-likeness (QED) is 0.711. The minimum Gasteiger partial charge on any atom is -0.496 e. The van der Waals surface area contributed by atoms with Crippen LogP contribution in [0.4, 0.5) is 5.69 Å². The van der Waals surface area contributed by atoms with Crippen LogP contribution in [0.3, 0.4) is 0 Å². The Hall–Kier alpha value is -2.54. The van der Waals surface area contributed by atoms with Crippen molar-refractivity contribution in [2.24, 2.45) is 0 Å². The second-order valence-electron chi connectivity index (χ2n) is 6.23. The standard InChI is InChI=1S/C20H25N3O3S/c1-12-10-21-18(13(2)19(12)26-5)11-22-20(25)14(3)27-17-8-6-16(7-9-17)23-15(4)24/h6-10,14H,11H2,1-5H3,(H,22,25)(H,23,24). The first kappa shape index (κ1) is 20.8. The zero-order valence-corrected chi connectivity index (χ0v) is 17.1. The Balaban J connectivity index is 1.93. The van der Waals surface area contributed by atoms with Crippen LogP contribution in [0.1, 0.15) is 30.7 Å². The van der Waals surface area contributed by atoms with E-state index in [0.717, 1.165) is 33.2 Å². The molecule has 6 nitrogen and oxygen atoms in total. The summed E-state index contributed by atoms with van der Waals surface area (Å²) in [6.07, 6.45) is 1.75. The molecule has 0 saturated carbocycles. The van der Waals surface area contributed by atoms with E-state index in [-0.39, 0.29) is 17.1 Å². The van der Waals surface area contributed by atoms with Crippen LogP contribution < -0.4 is 15.4 Å². The summed E-state index contributed by atoms with van der Waals surface area (Å²) in [6, 6.07) is 7.41. The lowest BCUT2D eigenvalue weighted by atomic mass is 10.1. The maximum absolute atomic E-state index is 12.4. The van der Waals surface area contributed by atoms with Gasteiger partial charge in [0, 0.05) is 34.8 Å². The number of ether oxygens (including phenoxy) is 1. The van der Waals surface area contributed by atoms with Gasteiger partial charge in [-0.15, -0.1) is 11.8 Å². The zero-order valence-electron chi connectivity index (χ0n) is 16.3. The van der Waals surface area contributed by atoms with Crippen LogP contribution in [0, 0.1) is 13.8 Å². The SMILES string of the molecule is COc1c(C)cnc(CNC(=O)C(C)Sc2ccc(NC(C)=O)cc2)c1C. The molecule has 1 heterocycles. The van der Waals surface area contributed by atoms with Crippen molar-refractivity contribution in [3.8, 4) is 5.75 Å². The number of anilines is 1. The van der Waals surface area contributed by atoms with Crippen molar-refractivity contribution in [1.82, 2.24) is 10.3 Å². The van der Waals surface area contributed by atoms with E-state index in [9.17, 15) is 9.59 Å². The third-order valence-corrected chi connectivity index (χ3v) is 5.15. The molecule has 0 bridgehead atoms. The minimum absolute atomic E-state index is 0.0633. The molecule has 7 heteroatoms. The fourth-order valence-corrected chi connectivity index (χ4v) is 3.53. The van der Waals surface area contributed by atoms with Crippen molar-refractivity contribution in [1.29, 1.82) is 0 Å². The van der Waals surface area contributed by atoms with Gasteiger partial charge in [0.15, 0.2) is 0 Å². The molecule has 1 aromatic carbocycles. The van der Waals surface area contributed by atoms with Crippen LogP contribution in [-0.4, -0.2) is 29.2 Å². The Labute approximate surface area is 164 Å². The number of aryl methyl sites for hydroxylation is 1. The highest BCUT2D eigenvalue weighted by atomic mass is 32.2. The number of pyridine rings is 1. The number of hydrogen-bond donors (Lipinski definition) is 2. The first-order valence-electron chi connectivity index (χ1n) is 8.63. The van der Waals surface area contributed by atoms with E-state index >= 15 is 0 Å². The van der Waals surface area contributed by atoms with Gasteiger partial charge in [0.2, 0.25) is 11.8 Å². The molecule has 144 valence electrons. The number of nitrogens with one attached hydrogen (secondary N) is 2. The lowest BCUT2D eigenvalue weighted by Gasteiger charge is -2.15. The minimum atomic E-state index is -0.260. The van der Waals surface area contributed by atoms with Gasteiger partial charge in [0.1, 0.15) is 5.75 Å². The number of carbonyl (C=O) groups is 2. The number of methoxy groups -OCH3 is 1. The topological polar surface area (TPSA) is 80.3 Å². The van der Waals surface area contributed by atoms with E-state index in [1.54, 1.807) is 13.3 Å². The van der Waals surface area contributed by atoms with E-state index < -0.39 is 0 Å². The van der Waals surface area contributed by atoms with Crippen LogP contribution in [0.15, 0.2) is 35.4 Å². The van der Waals surface area contributed by atoms with Gasteiger partial charge >= 0.3 is 0 Å². The van der Waals surface area contributed by atoms with Crippen molar-refractivity contribution in [2.75, 3.05) is 12.4 Å². The van der Waals surface area contributed by atoms with Gasteiger partial charge in [-0.25, -0.2) is 0 Å². The number of amides is 2. The molecule has 0 saturated heterocycles. The molecule has 0 spiro atoms. The molecule has 0 fully saturated rings. The summed E-state index contributed by atoms with van der Waals surface area (Å²) in [7, 11) is 1.63. The van der Waals surface area contributed by atoms with Gasteiger partial charge in [-0.3, -0.25) is 14.6 Å². The zero-order chi connectivity index (χ0) is 20.0. The summed E-state index contributed by atoms with van der Waals surface area (Å²) < 4.78 is 5.40. The van der Waals surface area contributed by atoms with Gasteiger partial charge in [0.25, 0.3) is 0 Å². The van der Waals surface area contributed by atoms with Crippen LogP contribution in [-0.2, 0) is 16.1 Å². The van der Waals surface area contributed by atoms with Crippen molar-refractivity contribution in [2.45, 2.75) is 44.4 Å². The fraction of sp³-hybridized carbons (Fsp3) is 0.350. The average Bonchev–Trinajstić information content (AvgIpc) is 2.62. The molecule has 1 unspecified atom stereocenters. The van der Waals surface area contributed by atoms with E-state index in [1.807, 2.05) is 45.0 Å². The van der Waals surface area contributed by atoms with E-state index in [0.29, 0.717) is 6.54 Å². The summed E-state index contributed by atoms with van der Waals surface area (Å²) in [5.74, 6) is 0.627. The highest BCUT2D eigenvalue weighted by Crippen LogP contribution is 2.26. The average molecular weight is 388 g/mol. The molecule has 0 aliphatic rings. The number of hydrogen-bond acceptors (Lipinski definition) is 5. The Morgan fingerprint density at radius 2 is 1.89 bits per heavy atom. The van der Waals surface area contributed by atoms with Gasteiger partial charge in [-0.05, 0) is 45.0 Å². The van der Waals surface area contributed by atoms with Crippen LogP contribution >= 0.6 is 11.8 Å². The highest BCUT2D eigenvalue weighted by Gasteiger charge is 2.16. The summed E-state index contributed by atoms with van der Waals surface area (Å²) in [5, 5.41) is 5.39. The third-order valence-electron chi connectivity index (χ3n) is 4.04. The molecule has 1 atom stereocenters. The lowest BCUT2D eigenvalue weighted by molar-refractivity contribution is -0.120. The summed E-state index contributed by atoms with van der Waals surface area (Å²) in [4.78, 5) is 28.8. The molecule has 0 aliphatic heterocycles. The van der Waals surface area contributed by atoms with E-state index in [2.05, 4.69) is 15.6 Å². The Morgan fingerprint density at radius 1 is 1.22 bits per heavy atom. The van der Waals surface area contributed by atoms with Crippen molar-refractivity contribution < 1.29 is 14.3 Å². The van der Waals surface area contributed by atoms with Crippen molar-refractivity contribution in [3.05, 3.63) is 47.3 Å². The third kappa shape index (κ3) is 5.72. The van der Waals surface area contributed by atoms with Crippen molar-refractivity contribution in [3.63, 3.8) is 0 Å². The summed E-state index contributed by atoms with van der Waals surface area (Å²) >= 11 is 1.46. The van der Waals surface area contributed by atoms with Crippen LogP contribution in [0.5, 0.6) is 5.75 Å². The van der Waals surface area contributed by atoms with Gasteiger partial charge in [-0.1, -0.05) is 0 Å². The fourth-order valence-electron chi connectivity index (χ4n) is 2.64. The Bertz CT molecular complexity index is 822. The number of carbonyl (C=O) groups excluding carboxylic acids is 2. The normalized spacial score (nSPS) is 11.6. The number of rotatable bonds is 7. The second-order valence-corrected chi connectivity index (χ2v) is 7.64. The largest absolute Gasteiger partial charge is 0.496 e. The predicted octanol–water partition coefficient (Wildman–Crippen LogP) is 3.46. The molecule has 0 aliphatic carbocycles. The first-order chi connectivity index (χ1) is 12.8. The van der Waals surface area contributed by atoms with Crippen molar-refractivity contribution >= 4 is 29.3 Å². The predicted molar refractivity (Wildman–Crippen MR) is 108 cm³/mol. The maximum atomic E-state index is 12.4. The van der Waals surface area contributed by atoms with Gasteiger partial charge < -0.3 is 15.4 Å².